The van der Waals surface area contributed by atoms with Crippen molar-refractivity contribution in [1.82, 2.24) is 4.57 Å². The van der Waals surface area contributed by atoms with Crippen LogP contribution in [0.15, 0.2) is 53.3 Å². The Morgan fingerprint density at radius 2 is 1.90 bits per heavy atom. The summed E-state index contributed by atoms with van der Waals surface area (Å²) in [5.74, 6) is -0.504. The van der Waals surface area contributed by atoms with Gasteiger partial charge >= 0.3 is 0 Å². The van der Waals surface area contributed by atoms with Gasteiger partial charge in [-0.15, -0.1) is 0 Å². The fourth-order valence-corrected chi connectivity index (χ4v) is 2.72. The molecule has 2 aromatic carbocycles. The molecule has 21 heavy (non-hydrogen) atoms. The number of benzene rings is 2. The van der Waals surface area contributed by atoms with Gasteiger partial charge in [0.25, 0.3) is 5.56 Å². The predicted molar refractivity (Wildman–Crippen MR) is 83.9 cm³/mol. The smallest absolute Gasteiger partial charge is 0.266 e. The second-order valence-corrected chi connectivity index (χ2v) is 5.25. The molecule has 0 atom stereocenters. The van der Waals surface area contributed by atoms with Gasteiger partial charge in [-0.1, -0.05) is 36.7 Å². The van der Waals surface area contributed by atoms with Crippen molar-refractivity contribution in [2.75, 3.05) is 0 Å². The maximum atomic E-state index is 14.0. The molecule has 2 nitrogen and oxygen atoms in total. The quantitative estimate of drug-likeness (QED) is 0.690. The molecular formula is C17H13ClFNO. The van der Waals surface area contributed by atoms with Crippen molar-refractivity contribution in [3.05, 3.63) is 75.4 Å². The van der Waals surface area contributed by atoms with Crippen molar-refractivity contribution in [1.29, 1.82) is 0 Å². The Morgan fingerprint density at radius 3 is 2.62 bits per heavy atom. The molecule has 0 radical (unpaired) electrons. The van der Waals surface area contributed by atoms with E-state index in [9.17, 15) is 9.18 Å². The predicted octanol–water partition coefficient (Wildman–Crippen LogP) is 4.35. The summed E-state index contributed by atoms with van der Waals surface area (Å²) in [5, 5.41) is 1.26. The van der Waals surface area contributed by atoms with Gasteiger partial charge in [0.2, 0.25) is 0 Å². The molecule has 0 saturated heterocycles. The van der Waals surface area contributed by atoms with E-state index in [-0.39, 0.29) is 10.9 Å². The second kappa shape index (κ2) is 5.34. The van der Waals surface area contributed by atoms with Crippen LogP contribution in [0.3, 0.4) is 0 Å². The number of hydrogen-bond acceptors (Lipinski definition) is 1. The van der Waals surface area contributed by atoms with Crippen molar-refractivity contribution >= 4 is 22.4 Å². The van der Waals surface area contributed by atoms with Crippen LogP contribution in [-0.4, -0.2) is 4.57 Å². The third-order valence-electron chi connectivity index (χ3n) is 3.50. The van der Waals surface area contributed by atoms with Crippen LogP contribution in [0.4, 0.5) is 4.39 Å². The van der Waals surface area contributed by atoms with Crippen LogP contribution in [0.1, 0.15) is 12.6 Å². The van der Waals surface area contributed by atoms with E-state index in [1.165, 1.54) is 10.6 Å². The standard InChI is InChI=1S/C17H13ClFNO/c1-2-13-9-11-5-3-8-15(19)16(11)17(21)20(13)14-7-4-6-12(18)10-14/h3-10H,2H2,1H3. The Balaban J connectivity index is 2.44. The fraction of sp³-hybridized carbons (Fsp3) is 0.118. The molecule has 0 fully saturated rings. The zero-order valence-electron chi connectivity index (χ0n) is 11.4. The first kappa shape index (κ1) is 13.8. The van der Waals surface area contributed by atoms with Gasteiger partial charge in [-0.3, -0.25) is 9.36 Å². The number of rotatable bonds is 2. The zero-order chi connectivity index (χ0) is 15.0. The van der Waals surface area contributed by atoms with E-state index in [0.717, 1.165) is 5.69 Å². The molecule has 3 aromatic rings. The molecule has 0 aliphatic carbocycles. The highest BCUT2D eigenvalue weighted by Crippen LogP contribution is 2.20. The second-order valence-electron chi connectivity index (χ2n) is 4.81. The molecule has 0 aliphatic rings. The minimum absolute atomic E-state index is 0.106. The first-order chi connectivity index (χ1) is 10.1. The molecule has 1 heterocycles. The van der Waals surface area contributed by atoms with Gasteiger partial charge in [0.1, 0.15) is 5.82 Å². The number of aryl methyl sites for hydroxylation is 1. The summed E-state index contributed by atoms with van der Waals surface area (Å²) in [4.78, 5) is 12.7. The number of aromatic nitrogens is 1. The molecule has 0 aliphatic heterocycles. The SMILES string of the molecule is CCc1cc2cccc(F)c2c(=O)n1-c1cccc(Cl)c1. The average molecular weight is 302 g/mol. The van der Waals surface area contributed by atoms with Gasteiger partial charge in [0, 0.05) is 10.7 Å². The highest BCUT2D eigenvalue weighted by molar-refractivity contribution is 6.30. The number of fused-ring (bicyclic) bond motifs is 1. The van der Waals surface area contributed by atoms with Crippen molar-refractivity contribution in [2.24, 2.45) is 0 Å². The minimum atomic E-state index is -0.504. The zero-order valence-corrected chi connectivity index (χ0v) is 12.2. The summed E-state index contributed by atoms with van der Waals surface area (Å²) >= 11 is 6.00. The van der Waals surface area contributed by atoms with Gasteiger partial charge < -0.3 is 0 Å². The van der Waals surface area contributed by atoms with Gasteiger partial charge in [-0.25, -0.2) is 4.39 Å². The lowest BCUT2D eigenvalue weighted by Crippen LogP contribution is -2.22. The molecule has 4 heteroatoms. The van der Waals surface area contributed by atoms with Gasteiger partial charge in [0.05, 0.1) is 11.1 Å². The van der Waals surface area contributed by atoms with Crippen LogP contribution < -0.4 is 5.56 Å². The molecule has 3 rings (SSSR count). The molecule has 0 amide bonds. The Hall–Kier alpha value is -2.13. The Labute approximate surface area is 126 Å². The lowest BCUT2D eigenvalue weighted by Gasteiger charge is -2.14. The topological polar surface area (TPSA) is 22.0 Å². The highest BCUT2D eigenvalue weighted by Gasteiger charge is 2.13. The van der Waals surface area contributed by atoms with Gasteiger partial charge in [-0.2, -0.15) is 0 Å². The first-order valence-electron chi connectivity index (χ1n) is 6.71. The molecule has 0 unspecified atom stereocenters. The van der Waals surface area contributed by atoms with Crippen molar-refractivity contribution in [3.63, 3.8) is 0 Å². The van der Waals surface area contributed by atoms with Crippen LogP contribution in [0.2, 0.25) is 5.02 Å². The molecule has 106 valence electrons. The summed E-state index contributed by atoms with van der Waals surface area (Å²) in [6.07, 6.45) is 0.661. The van der Waals surface area contributed by atoms with Crippen molar-refractivity contribution in [2.45, 2.75) is 13.3 Å². The minimum Gasteiger partial charge on any atom is -0.281 e. The Morgan fingerprint density at radius 1 is 1.14 bits per heavy atom. The maximum Gasteiger partial charge on any atom is 0.266 e. The number of nitrogens with zero attached hydrogens (tertiary/aromatic N) is 1. The number of halogens is 2. The molecule has 0 spiro atoms. The van der Waals surface area contributed by atoms with Crippen LogP contribution >= 0.6 is 11.6 Å². The van der Waals surface area contributed by atoms with Gasteiger partial charge in [-0.05, 0) is 42.1 Å². The third kappa shape index (κ3) is 2.34. The van der Waals surface area contributed by atoms with Crippen LogP contribution in [0.5, 0.6) is 0 Å². The monoisotopic (exact) mass is 301 g/mol. The van der Waals surface area contributed by atoms with Crippen molar-refractivity contribution < 1.29 is 4.39 Å². The van der Waals surface area contributed by atoms with Crippen LogP contribution in [0, 0.1) is 5.82 Å². The summed E-state index contributed by atoms with van der Waals surface area (Å²) in [7, 11) is 0. The van der Waals surface area contributed by atoms with Crippen molar-refractivity contribution in [3.8, 4) is 5.69 Å². The average Bonchev–Trinajstić information content (AvgIpc) is 2.46. The summed E-state index contributed by atoms with van der Waals surface area (Å²) in [6, 6.07) is 13.5. The lowest BCUT2D eigenvalue weighted by molar-refractivity contribution is 0.637. The van der Waals surface area contributed by atoms with E-state index >= 15 is 0 Å². The number of pyridine rings is 1. The normalized spacial score (nSPS) is 11.0. The van der Waals surface area contributed by atoms with E-state index in [1.807, 2.05) is 13.0 Å². The van der Waals surface area contributed by atoms with Gasteiger partial charge in [0.15, 0.2) is 0 Å². The van der Waals surface area contributed by atoms with Crippen LogP contribution in [-0.2, 0) is 6.42 Å². The van der Waals surface area contributed by atoms with E-state index in [0.29, 0.717) is 22.5 Å². The number of hydrogen-bond donors (Lipinski definition) is 0. The Kier molecular flexibility index (Phi) is 3.52. The van der Waals surface area contributed by atoms with E-state index < -0.39 is 5.82 Å². The molecule has 0 saturated carbocycles. The fourth-order valence-electron chi connectivity index (χ4n) is 2.53. The Bertz CT molecular complexity index is 886. The first-order valence-corrected chi connectivity index (χ1v) is 7.08. The third-order valence-corrected chi connectivity index (χ3v) is 3.74. The largest absolute Gasteiger partial charge is 0.281 e. The van der Waals surface area contributed by atoms with Crippen LogP contribution in [0.25, 0.3) is 16.5 Å². The molecule has 0 bridgehead atoms. The van der Waals surface area contributed by atoms with E-state index in [4.69, 9.17) is 11.6 Å². The van der Waals surface area contributed by atoms with E-state index in [2.05, 4.69) is 0 Å². The molecular weight excluding hydrogens is 289 g/mol. The summed E-state index contributed by atoms with van der Waals surface area (Å²) < 4.78 is 15.5. The summed E-state index contributed by atoms with van der Waals surface area (Å²) in [5.41, 5.74) is 1.11. The molecule has 0 N–H and O–H groups in total. The summed E-state index contributed by atoms with van der Waals surface area (Å²) in [6.45, 7) is 1.96. The lowest BCUT2D eigenvalue weighted by atomic mass is 10.1. The molecule has 1 aromatic heterocycles. The highest BCUT2D eigenvalue weighted by atomic mass is 35.5. The van der Waals surface area contributed by atoms with E-state index in [1.54, 1.807) is 36.4 Å². The maximum absolute atomic E-state index is 14.0.